The van der Waals surface area contributed by atoms with Gasteiger partial charge in [0.2, 0.25) is 5.95 Å². The third-order valence-electron chi connectivity index (χ3n) is 1.93. The fourth-order valence-electron chi connectivity index (χ4n) is 1.24. The summed E-state index contributed by atoms with van der Waals surface area (Å²) in [6.45, 7) is 1.99. The molecular weight excluding hydrogens is 218 g/mol. The van der Waals surface area contributed by atoms with Gasteiger partial charge in [0, 0.05) is 11.6 Å². The molecule has 2 aromatic rings. The lowest BCUT2D eigenvalue weighted by atomic mass is 10.3. The van der Waals surface area contributed by atoms with Crippen molar-refractivity contribution in [3.8, 4) is 0 Å². The van der Waals surface area contributed by atoms with Gasteiger partial charge in [0.1, 0.15) is 5.01 Å². The Balaban J connectivity index is 2.46. The molecule has 0 radical (unpaired) electrons. The van der Waals surface area contributed by atoms with E-state index in [1.54, 1.807) is 22.1 Å². The zero-order valence-electron chi connectivity index (χ0n) is 7.47. The number of thiazole rings is 1. The predicted molar refractivity (Wildman–Crippen MR) is 57.8 cm³/mol. The number of nitrogens with zero attached hydrogens (tertiary/aromatic N) is 3. The quantitative estimate of drug-likeness (QED) is 0.764. The molecule has 0 saturated carbocycles. The summed E-state index contributed by atoms with van der Waals surface area (Å²) in [5.41, 5.74) is 5.68. The van der Waals surface area contributed by atoms with Gasteiger partial charge in [-0.1, -0.05) is 0 Å². The second-order valence-corrected chi connectivity index (χ2v) is 4.12. The van der Waals surface area contributed by atoms with Gasteiger partial charge >= 0.3 is 0 Å². The molecule has 2 rings (SSSR count). The van der Waals surface area contributed by atoms with Crippen LogP contribution < -0.4 is 5.73 Å². The summed E-state index contributed by atoms with van der Waals surface area (Å²) < 4.78 is 2.26. The van der Waals surface area contributed by atoms with Crippen molar-refractivity contribution in [1.29, 1.82) is 0 Å². The molecule has 0 saturated heterocycles. The maximum absolute atomic E-state index is 5.68. The second-order valence-electron chi connectivity index (χ2n) is 2.80. The number of nitrogens with one attached hydrogen (secondary N) is 1. The van der Waals surface area contributed by atoms with Gasteiger partial charge in [-0.25, -0.2) is 10.1 Å². The molecule has 3 N–H and O–H groups in total. The van der Waals surface area contributed by atoms with Crippen LogP contribution in [0.25, 0.3) is 0 Å². The molecule has 0 spiro atoms. The number of H-pyrrole nitrogens is 1. The molecular formula is C7H9N5S2. The molecule has 7 heteroatoms. The summed E-state index contributed by atoms with van der Waals surface area (Å²) in [5, 5.41) is 9.38. The van der Waals surface area contributed by atoms with Crippen LogP contribution in [0.1, 0.15) is 18.0 Å². The second kappa shape index (κ2) is 3.50. The van der Waals surface area contributed by atoms with Crippen LogP contribution in [0.3, 0.4) is 0 Å². The summed E-state index contributed by atoms with van der Waals surface area (Å²) in [7, 11) is 0. The average molecular weight is 227 g/mol. The molecule has 2 heterocycles. The lowest BCUT2D eigenvalue weighted by molar-refractivity contribution is 0.633. The lowest BCUT2D eigenvalue weighted by Gasteiger charge is -2.10. The van der Waals surface area contributed by atoms with Gasteiger partial charge in [-0.05, 0) is 19.1 Å². The van der Waals surface area contributed by atoms with Crippen LogP contribution in [0.4, 0.5) is 5.95 Å². The molecule has 0 fully saturated rings. The molecule has 0 aliphatic heterocycles. The Labute approximate surface area is 89.6 Å². The van der Waals surface area contributed by atoms with Crippen LogP contribution in [0.2, 0.25) is 0 Å². The standard InChI is InChI=1S/C7H9N5S2/c1-4(5-9-2-3-14-5)12-6(8)10-11-7(12)13/h2-4H,1H3,(H2,8,10)(H,11,13). The van der Waals surface area contributed by atoms with Crippen molar-refractivity contribution in [2.75, 3.05) is 5.73 Å². The van der Waals surface area contributed by atoms with Gasteiger partial charge in [-0.15, -0.1) is 16.4 Å². The van der Waals surface area contributed by atoms with Crippen molar-refractivity contribution < 1.29 is 0 Å². The highest BCUT2D eigenvalue weighted by Gasteiger charge is 2.14. The number of aromatic amines is 1. The molecule has 0 amide bonds. The Morgan fingerprint density at radius 3 is 3.00 bits per heavy atom. The van der Waals surface area contributed by atoms with Gasteiger partial charge in [0.15, 0.2) is 4.77 Å². The normalized spacial score (nSPS) is 12.9. The van der Waals surface area contributed by atoms with Crippen LogP contribution >= 0.6 is 23.6 Å². The van der Waals surface area contributed by atoms with Gasteiger partial charge in [-0.2, -0.15) is 0 Å². The van der Waals surface area contributed by atoms with E-state index in [0.29, 0.717) is 10.7 Å². The first-order chi connectivity index (χ1) is 6.70. The van der Waals surface area contributed by atoms with E-state index in [0.717, 1.165) is 5.01 Å². The molecule has 74 valence electrons. The molecule has 14 heavy (non-hydrogen) atoms. The molecule has 0 aromatic carbocycles. The minimum atomic E-state index is 0.0289. The third kappa shape index (κ3) is 1.44. The minimum Gasteiger partial charge on any atom is -0.368 e. The average Bonchev–Trinajstić information content (AvgIpc) is 2.75. The molecule has 1 unspecified atom stereocenters. The highest BCUT2D eigenvalue weighted by atomic mass is 32.1. The smallest absolute Gasteiger partial charge is 0.221 e. The van der Waals surface area contributed by atoms with Crippen LogP contribution in [0.15, 0.2) is 11.6 Å². The van der Waals surface area contributed by atoms with E-state index in [9.17, 15) is 0 Å². The molecule has 0 aliphatic rings. The summed E-state index contributed by atoms with van der Waals surface area (Å²) in [5.74, 6) is 0.387. The van der Waals surface area contributed by atoms with Gasteiger partial charge in [-0.3, -0.25) is 4.57 Å². The van der Waals surface area contributed by atoms with E-state index in [4.69, 9.17) is 18.0 Å². The van der Waals surface area contributed by atoms with Crippen molar-refractivity contribution in [2.45, 2.75) is 13.0 Å². The highest BCUT2D eigenvalue weighted by molar-refractivity contribution is 7.71. The fourth-order valence-corrected chi connectivity index (χ4v) is 2.22. The number of hydrogen-bond donors (Lipinski definition) is 2. The first kappa shape index (κ1) is 9.35. The first-order valence-electron chi connectivity index (χ1n) is 4.02. The fraction of sp³-hybridized carbons (Fsp3) is 0.286. The van der Waals surface area contributed by atoms with Gasteiger partial charge in [0.05, 0.1) is 6.04 Å². The lowest BCUT2D eigenvalue weighted by Crippen LogP contribution is -2.10. The summed E-state index contributed by atoms with van der Waals surface area (Å²) >= 11 is 6.64. The Bertz CT molecular complexity index is 468. The summed E-state index contributed by atoms with van der Waals surface area (Å²) in [6.07, 6.45) is 1.76. The number of rotatable bonds is 2. The largest absolute Gasteiger partial charge is 0.368 e. The summed E-state index contributed by atoms with van der Waals surface area (Å²) in [6, 6.07) is 0.0289. The Kier molecular flexibility index (Phi) is 2.34. The molecule has 0 aliphatic carbocycles. The third-order valence-corrected chi connectivity index (χ3v) is 3.16. The maximum atomic E-state index is 5.68. The Morgan fingerprint density at radius 1 is 1.71 bits per heavy atom. The molecule has 2 aromatic heterocycles. The van der Waals surface area contributed by atoms with Crippen molar-refractivity contribution in [2.24, 2.45) is 0 Å². The molecule has 0 bridgehead atoms. The zero-order chi connectivity index (χ0) is 10.1. The van der Waals surface area contributed by atoms with Crippen molar-refractivity contribution in [3.05, 3.63) is 21.4 Å². The van der Waals surface area contributed by atoms with E-state index in [-0.39, 0.29) is 6.04 Å². The van der Waals surface area contributed by atoms with Crippen molar-refractivity contribution >= 4 is 29.5 Å². The number of hydrogen-bond acceptors (Lipinski definition) is 5. The van der Waals surface area contributed by atoms with E-state index >= 15 is 0 Å². The summed E-state index contributed by atoms with van der Waals surface area (Å²) in [4.78, 5) is 4.21. The highest BCUT2D eigenvalue weighted by Crippen LogP contribution is 2.21. The van der Waals surface area contributed by atoms with Gasteiger partial charge in [0.25, 0.3) is 0 Å². The van der Waals surface area contributed by atoms with E-state index in [2.05, 4.69) is 15.2 Å². The number of nitrogens with two attached hydrogens (primary N) is 1. The molecule has 1 atom stereocenters. The van der Waals surface area contributed by atoms with E-state index in [1.807, 2.05) is 12.3 Å². The Hall–Kier alpha value is -1.21. The Morgan fingerprint density at radius 2 is 2.50 bits per heavy atom. The van der Waals surface area contributed by atoms with E-state index < -0.39 is 0 Å². The molecule has 5 nitrogen and oxygen atoms in total. The van der Waals surface area contributed by atoms with Crippen LogP contribution in [0.5, 0.6) is 0 Å². The van der Waals surface area contributed by atoms with Crippen LogP contribution in [0, 0.1) is 4.77 Å². The monoisotopic (exact) mass is 227 g/mol. The maximum Gasteiger partial charge on any atom is 0.221 e. The van der Waals surface area contributed by atoms with Crippen molar-refractivity contribution in [3.63, 3.8) is 0 Å². The SMILES string of the molecule is CC(c1nccs1)n1c(N)n[nH]c1=S. The van der Waals surface area contributed by atoms with Gasteiger partial charge < -0.3 is 5.73 Å². The van der Waals surface area contributed by atoms with Crippen molar-refractivity contribution in [1.82, 2.24) is 19.7 Å². The van der Waals surface area contributed by atoms with Crippen LogP contribution in [-0.2, 0) is 0 Å². The zero-order valence-corrected chi connectivity index (χ0v) is 9.10. The predicted octanol–water partition coefficient (Wildman–Crippen LogP) is 1.59. The first-order valence-corrected chi connectivity index (χ1v) is 5.30. The topological polar surface area (TPSA) is 72.5 Å². The number of nitrogen functional groups attached to an aromatic ring is 1. The number of anilines is 1. The van der Waals surface area contributed by atoms with E-state index in [1.165, 1.54) is 0 Å². The number of aromatic nitrogens is 4. The van der Waals surface area contributed by atoms with Crippen LogP contribution in [-0.4, -0.2) is 19.7 Å². The minimum absolute atomic E-state index is 0.0289.